The number of nitrogens with zero attached hydrogens (tertiary/aromatic N) is 2. The molecule has 0 amide bonds. The smallest absolute Gasteiger partial charge is 0.406 e. The highest BCUT2D eigenvalue weighted by atomic mass is 19.4. The standard InChI is InChI=1S/C13H13F3N2O2/c1-18-8-9(7-17-18)5-12(19)10-3-2-4-11(6-10)20-13(14,15)16/h2-4,6-8,12,19H,5H2,1H3. The van der Waals surface area contributed by atoms with Crippen LogP contribution in [-0.4, -0.2) is 21.2 Å². The number of rotatable bonds is 4. The molecule has 0 bridgehead atoms. The predicted octanol–water partition coefficient (Wildman–Crippen LogP) is 2.59. The van der Waals surface area contributed by atoms with Crippen molar-refractivity contribution in [2.24, 2.45) is 7.05 Å². The number of benzene rings is 1. The van der Waals surface area contributed by atoms with Gasteiger partial charge in [-0.25, -0.2) is 0 Å². The van der Waals surface area contributed by atoms with Gasteiger partial charge in [0.25, 0.3) is 0 Å². The summed E-state index contributed by atoms with van der Waals surface area (Å²) in [6.45, 7) is 0. The van der Waals surface area contributed by atoms with Crippen molar-refractivity contribution < 1.29 is 23.0 Å². The fourth-order valence-electron chi connectivity index (χ4n) is 1.84. The molecule has 0 aliphatic heterocycles. The molecule has 1 aromatic heterocycles. The van der Waals surface area contributed by atoms with Crippen LogP contribution < -0.4 is 4.74 Å². The second kappa shape index (κ2) is 5.54. The van der Waals surface area contributed by atoms with E-state index in [9.17, 15) is 18.3 Å². The Morgan fingerprint density at radius 3 is 2.75 bits per heavy atom. The molecule has 1 aromatic carbocycles. The minimum atomic E-state index is -4.74. The molecule has 0 radical (unpaired) electrons. The molecule has 0 aliphatic rings. The molecule has 0 saturated carbocycles. The lowest BCUT2D eigenvalue weighted by Gasteiger charge is -2.13. The Labute approximate surface area is 113 Å². The monoisotopic (exact) mass is 286 g/mol. The largest absolute Gasteiger partial charge is 0.573 e. The van der Waals surface area contributed by atoms with Crippen LogP contribution in [0.25, 0.3) is 0 Å². The highest BCUT2D eigenvalue weighted by molar-refractivity contribution is 5.30. The third-order valence-corrected chi connectivity index (χ3v) is 2.66. The minimum Gasteiger partial charge on any atom is -0.406 e. The van der Waals surface area contributed by atoms with Crippen molar-refractivity contribution in [3.8, 4) is 5.75 Å². The summed E-state index contributed by atoms with van der Waals surface area (Å²) in [5.74, 6) is -0.347. The number of halogens is 3. The topological polar surface area (TPSA) is 47.3 Å². The van der Waals surface area contributed by atoms with Gasteiger partial charge in [-0.3, -0.25) is 4.68 Å². The first-order chi connectivity index (χ1) is 9.33. The van der Waals surface area contributed by atoms with E-state index in [1.807, 2.05) is 0 Å². The van der Waals surface area contributed by atoms with Gasteiger partial charge in [0.2, 0.25) is 0 Å². The Kier molecular flexibility index (Phi) is 3.99. The number of aromatic nitrogens is 2. The molecule has 0 spiro atoms. The van der Waals surface area contributed by atoms with Crippen LogP contribution in [0.3, 0.4) is 0 Å². The molecule has 20 heavy (non-hydrogen) atoms. The molecular weight excluding hydrogens is 273 g/mol. The summed E-state index contributed by atoms with van der Waals surface area (Å²) in [7, 11) is 1.74. The SMILES string of the molecule is Cn1cc(CC(O)c2cccc(OC(F)(F)F)c2)cn1. The Bertz CT molecular complexity index is 581. The van der Waals surface area contributed by atoms with E-state index in [2.05, 4.69) is 9.84 Å². The Morgan fingerprint density at radius 2 is 2.15 bits per heavy atom. The van der Waals surface area contributed by atoms with Gasteiger partial charge in [0.15, 0.2) is 0 Å². The third-order valence-electron chi connectivity index (χ3n) is 2.66. The molecule has 0 fully saturated rings. The third kappa shape index (κ3) is 3.99. The van der Waals surface area contributed by atoms with E-state index in [0.717, 1.165) is 5.56 Å². The molecule has 1 heterocycles. The van der Waals surface area contributed by atoms with E-state index in [4.69, 9.17) is 0 Å². The summed E-state index contributed by atoms with van der Waals surface area (Å²) in [6, 6.07) is 5.31. The molecule has 4 nitrogen and oxygen atoms in total. The van der Waals surface area contributed by atoms with E-state index in [1.54, 1.807) is 30.2 Å². The molecule has 1 unspecified atom stereocenters. The molecule has 0 aliphatic carbocycles. The van der Waals surface area contributed by atoms with Crippen LogP contribution in [0.5, 0.6) is 5.75 Å². The highest BCUT2D eigenvalue weighted by Gasteiger charge is 2.31. The van der Waals surface area contributed by atoms with Gasteiger partial charge in [-0.2, -0.15) is 5.10 Å². The maximum atomic E-state index is 12.1. The zero-order valence-electron chi connectivity index (χ0n) is 10.6. The second-order valence-corrected chi connectivity index (χ2v) is 4.36. The van der Waals surface area contributed by atoms with Gasteiger partial charge in [-0.05, 0) is 23.3 Å². The number of alkyl halides is 3. The molecule has 1 atom stereocenters. The van der Waals surface area contributed by atoms with Crippen molar-refractivity contribution in [2.75, 3.05) is 0 Å². The zero-order valence-corrected chi connectivity index (χ0v) is 10.6. The van der Waals surface area contributed by atoms with E-state index in [1.165, 1.54) is 18.2 Å². The number of aliphatic hydroxyl groups is 1. The zero-order chi connectivity index (χ0) is 14.8. The Balaban J connectivity index is 2.10. The summed E-state index contributed by atoms with van der Waals surface area (Å²) < 4.78 is 41.8. The number of hydrogen-bond donors (Lipinski definition) is 1. The Morgan fingerprint density at radius 1 is 1.40 bits per heavy atom. The molecule has 0 saturated heterocycles. The van der Waals surface area contributed by atoms with E-state index in [0.29, 0.717) is 5.56 Å². The summed E-state index contributed by atoms with van der Waals surface area (Å²) in [5, 5.41) is 14.0. The lowest BCUT2D eigenvalue weighted by Crippen LogP contribution is -2.17. The quantitative estimate of drug-likeness (QED) is 0.939. The van der Waals surface area contributed by atoms with Crippen molar-refractivity contribution in [2.45, 2.75) is 18.9 Å². The number of ether oxygens (including phenoxy) is 1. The second-order valence-electron chi connectivity index (χ2n) is 4.36. The van der Waals surface area contributed by atoms with Crippen molar-refractivity contribution in [3.63, 3.8) is 0 Å². The maximum Gasteiger partial charge on any atom is 0.573 e. The van der Waals surface area contributed by atoms with E-state index < -0.39 is 12.5 Å². The highest BCUT2D eigenvalue weighted by Crippen LogP contribution is 2.26. The summed E-state index contributed by atoms with van der Waals surface area (Å²) >= 11 is 0. The van der Waals surface area contributed by atoms with Crippen LogP contribution >= 0.6 is 0 Å². The lowest BCUT2D eigenvalue weighted by atomic mass is 10.0. The van der Waals surface area contributed by atoms with Gasteiger partial charge < -0.3 is 9.84 Å². The average molecular weight is 286 g/mol. The van der Waals surface area contributed by atoms with Crippen LogP contribution in [0, 0.1) is 0 Å². The summed E-state index contributed by atoms with van der Waals surface area (Å²) in [6.07, 6.45) is -2.06. The minimum absolute atomic E-state index is 0.267. The lowest BCUT2D eigenvalue weighted by molar-refractivity contribution is -0.274. The van der Waals surface area contributed by atoms with Gasteiger partial charge in [-0.1, -0.05) is 12.1 Å². The van der Waals surface area contributed by atoms with Crippen molar-refractivity contribution in [3.05, 3.63) is 47.8 Å². The molecule has 2 aromatic rings. The van der Waals surface area contributed by atoms with Gasteiger partial charge in [0.1, 0.15) is 5.75 Å². The molecule has 108 valence electrons. The predicted molar refractivity (Wildman–Crippen MR) is 65.0 cm³/mol. The number of aliphatic hydroxyl groups excluding tert-OH is 1. The first-order valence-corrected chi connectivity index (χ1v) is 5.85. The summed E-state index contributed by atoms with van der Waals surface area (Å²) in [4.78, 5) is 0. The molecule has 7 heteroatoms. The van der Waals surface area contributed by atoms with Crippen LogP contribution in [0.1, 0.15) is 17.2 Å². The fraction of sp³-hybridized carbons (Fsp3) is 0.308. The molecule has 2 rings (SSSR count). The van der Waals surface area contributed by atoms with Crippen LogP contribution in [0.15, 0.2) is 36.7 Å². The first-order valence-electron chi connectivity index (χ1n) is 5.85. The normalized spacial score (nSPS) is 13.2. The van der Waals surface area contributed by atoms with Gasteiger partial charge in [0, 0.05) is 19.7 Å². The first kappa shape index (κ1) is 14.4. The summed E-state index contributed by atoms with van der Waals surface area (Å²) in [5.41, 5.74) is 1.15. The molecule has 1 N–H and O–H groups in total. The van der Waals surface area contributed by atoms with Gasteiger partial charge in [0.05, 0.1) is 12.3 Å². The molecular formula is C13H13F3N2O2. The van der Waals surface area contributed by atoms with Crippen LogP contribution in [0.4, 0.5) is 13.2 Å². The Hall–Kier alpha value is -2.02. The van der Waals surface area contributed by atoms with Crippen molar-refractivity contribution in [1.29, 1.82) is 0 Å². The van der Waals surface area contributed by atoms with E-state index >= 15 is 0 Å². The van der Waals surface area contributed by atoms with Gasteiger partial charge in [-0.15, -0.1) is 13.2 Å². The van der Waals surface area contributed by atoms with Crippen LogP contribution in [-0.2, 0) is 13.5 Å². The van der Waals surface area contributed by atoms with Crippen molar-refractivity contribution in [1.82, 2.24) is 9.78 Å². The van der Waals surface area contributed by atoms with E-state index in [-0.39, 0.29) is 12.2 Å². The maximum absolute atomic E-state index is 12.1. The van der Waals surface area contributed by atoms with Crippen LogP contribution in [0.2, 0.25) is 0 Å². The fourth-order valence-corrected chi connectivity index (χ4v) is 1.84. The van der Waals surface area contributed by atoms with Crippen molar-refractivity contribution >= 4 is 0 Å². The van der Waals surface area contributed by atoms with Gasteiger partial charge >= 0.3 is 6.36 Å². The number of hydrogen-bond acceptors (Lipinski definition) is 3. The average Bonchev–Trinajstić information content (AvgIpc) is 2.73. The number of aryl methyl sites for hydroxylation is 1.